The second-order valence-electron chi connectivity index (χ2n) is 3.54. The normalized spacial score (nSPS) is 21.5. The molecule has 0 aromatic heterocycles. The van der Waals surface area contributed by atoms with Gasteiger partial charge < -0.3 is 15.5 Å². The summed E-state index contributed by atoms with van der Waals surface area (Å²) in [6.45, 7) is 0.294. The third-order valence-corrected chi connectivity index (χ3v) is 2.52. The first-order chi connectivity index (χ1) is 5.86. The molecule has 3 heteroatoms. The van der Waals surface area contributed by atoms with E-state index in [0.717, 1.165) is 0 Å². The Morgan fingerprint density at radius 2 is 1.92 bits per heavy atom. The minimum Gasteiger partial charge on any atom is -0.396 e. The van der Waals surface area contributed by atoms with E-state index in [1.165, 1.54) is 25.7 Å². The maximum absolute atomic E-state index is 8.94. The van der Waals surface area contributed by atoms with E-state index in [1.54, 1.807) is 0 Å². The maximum Gasteiger partial charge on any atom is 0.0585 e. The number of aliphatic hydroxyl groups excluding tert-OH is 2. The SMILES string of the molecule is OCCC(CO)NC1CCCC1. The highest BCUT2D eigenvalue weighted by molar-refractivity contribution is 4.78. The van der Waals surface area contributed by atoms with Crippen LogP contribution in [0.2, 0.25) is 0 Å². The summed E-state index contributed by atoms with van der Waals surface area (Å²) in [5.74, 6) is 0. The van der Waals surface area contributed by atoms with Gasteiger partial charge in [-0.15, -0.1) is 0 Å². The van der Waals surface area contributed by atoms with Crippen molar-refractivity contribution in [3.8, 4) is 0 Å². The molecule has 0 radical (unpaired) electrons. The van der Waals surface area contributed by atoms with E-state index in [2.05, 4.69) is 5.32 Å². The number of hydrogen-bond acceptors (Lipinski definition) is 3. The first-order valence-corrected chi connectivity index (χ1v) is 4.84. The standard InChI is InChI=1S/C9H19NO2/c11-6-5-9(7-12)10-8-3-1-2-4-8/h8-12H,1-7H2. The molecule has 3 N–H and O–H groups in total. The van der Waals surface area contributed by atoms with Crippen LogP contribution in [0.15, 0.2) is 0 Å². The molecule has 12 heavy (non-hydrogen) atoms. The van der Waals surface area contributed by atoms with Gasteiger partial charge in [-0.3, -0.25) is 0 Å². The maximum atomic E-state index is 8.94. The van der Waals surface area contributed by atoms with Crippen molar-refractivity contribution in [2.45, 2.75) is 44.2 Å². The average molecular weight is 173 g/mol. The van der Waals surface area contributed by atoms with Gasteiger partial charge in [0, 0.05) is 18.7 Å². The summed E-state index contributed by atoms with van der Waals surface area (Å²) < 4.78 is 0. The van der Waals surface area contributed by atoms with E-state index in [1.807, 2.05) is 0 Å². The van der Waals surface area contributed by atoms with Crippen LogP contribution in [0.5, 0.6) is 0 Å². The molecule has 0 aromatic carbocycles. The molecule has 1 aliphatic rings. The number of rotatable bonds is 5. The molecule has 0 bridgehead atoms. The Kier molecular flexibility index (Phi) is 4.58. The first-order valence-electron chi connectivity index (χ1n) is 4.84. The highest BCUT2D eigenvalue weighted by Gasteiger charge is 2.17. The van der Waals surface area contributed by atoms with Gasteiger partial charge in [-0.2, -0.15) is 0 Å². The number of hydrogen-bond donors (Lipinski definition) is 3. The average Bonchev–Trinajstić information content (AvgIpc) is 2.56. The van der Waals surface area contributed by atoms with Crippen LogP contribution in [0.25, 0.3) is 0 Å². The molecule has 1 atom stereocenters. The predicted molar refractivity (Wildman–Crippen MR) is 48.0 cm³/mol. The number of nitrogens with one attached hydrogen (secondary N) is 1. The molecule has 0 aliphatic heterocycles. The van der Waals surface area contributed by atoms with Crippen molar-refractivity contribution in [3.05, 3.63) is 0 Å². The van der Waals surface area contributed by atoms with Gasteiger partial charge >= 0.3 is 0 Å². The van der Waals surface area contributed by atoms with Crippen molar-refractivity contribution in [1.29, 1.82) is 0 Å². The number of aliphatic hydroxyl groups is 2. The molecule has 1 fully saturated rings. The lowest BCUT2D eigenvalue weighted by atomic mass is 10.1. The van der Waals surface area contributed by atoms with Crippen molar-refractivity contribution in [2.24, 2.45) is 0 Å². The van der Waals surface area contributed by atoms with Gasteiger partial charge in [-0.25, -0.2) is 0 Å². The van der Waals surface area contributed by atoms with E-state index in [9.17, 15) is 0 Å². The highest BCUT2D eigenvalue weighted by Crippen LogP contribution is 2.18. The minimum atomic E-state index is 0.0955. The molecule has 72 valence electrons. The third-order valence-electron chi connectivity index (χ3n) is 2.52. The van der Waals surface area contributed by atoms with Crippen molar-refractivity contribution in [3.63, 3.8) is 0 Å². The summed E-state index contributed by atoms with van der Waals surface area (Å²) in [5.41, 5.74) is 0. The molecule has 1 saturated carbocycles. The van der Waals surface area contributed by atoms with Crippen LogP contribution in [0.4, 0.5) is 0 Å². The summed E-state index contributed by atoms with van der Waals surface area (Å²) in [6, 6.07) is 0.673. The molecule has 0 amide bonds. The molecule has 3 nitrogen and oxygen atoms in total. The largest absolute Gasteiger partial charge is 0.396 e. The molecule has 0 heterocycles. The summed E-state index contributed by atoms with van der Waals surface area (Å²) in [6.07, 6.45) is 5.71. The van der Waals surface area contributed by atoms with Crippen LogP contribution in [-0.4, -0.2) is 35.5 Å². The van der Waals surface area contributed by atoms with Crippen LogP contribution < -0.4 is 5.32 Å². The highest BCUT2D eigenvalue weighted by atomic mass is 16.3. The summed E-state index contributed by atoms with van der Waals surface area (Å²) >= 11 is 0. The predicted octanol–water partition coefficient (Wildman–Crippen LogP) is 0.262. The van der Waals surface area contributed by atoms with E-state index < -0.39 is 0 Å². The van der Waals surface area contributed by atoms with E-state index in [0.29, 0.717) is 12.5 Å². The Morgan fingerprint density at radius 1 is 1.25 bits per heavy atom. The van der Waals surface area contributed by atoms with Crippen molar-refractivity contribution in [2.75, 3.05) is 13.2 Å². The second kappa shape index (κ2) is 5.51. The van der Waals surface area contributed by atoms with Gasteiger partial charge in [-0.05, 0) is 19.3 Å². The molecule has 1 aliphatic carbocycles. The fourth-order valence-corrected chi connectivity index (χ4v) is 1.81. The molecule has 0 spiro atoms. The van der Waals surface area contributed by atoms with Crippen molar-refractivity contribution in [1.82, 2.24) is 5.32 Å². The zero-order valence-electron chi connectivity index (χ0n) is 7.50. The quantitative estimate of drug-likeness (QED) is 0.559. The fourth-order valence-electron chi connectivity index (χ4n) is 1.81. The van der Waals surface area contributed by atoms with Gasteiger partial charge in [0.05, 0.1) is 6.61 Å². The molecule has 1 unspecified atom stereocenters. The smallest absolute Gasteiger partial charge is 0.0585 e. The van der Waals surface area contributed by atoms with Crippen LogP contribution in [0, 0.1) is 0 Å². The molecule has 1 rings (SSSR count). The Labute approximate surface area is 73.8 Å². The monoisotopic (exact) mass is 173 g/mol. The Bertz CT molecular complexity index is 113. The van der Waals surface area contributed by atoms with E-state index in [-0.39, 0.29) is 19.3 Å². The lowest BCUT2D eigenvalue weighted by Gasteiger charge is -2.19. The van der Waals surface area contributed by atoms with Crippen molar-refractivity contribution < 1.29 is 10.2 Å². The summed E-state index contributed by atoms with van der Waals surface area (Å²) in [5, 5.41) is 21.0. The molecule has 0 aromatic rings. The van der Waals surface area contributed by atoms with Crippen LogP contribution >= 0.6 is 0 Å². The van der Waals surface area contributed by atoms with Gasteiger partial charge in [0.15, 0.2) is 0 Å². The van der Waals surface area contributed by atoms with Crippen LogP contribution in [-0.2, 0) is 0 Å². The molecular weight excluding hydrogens is 154 g/mol. The van der Waals surface area contributed by atoms with Gasteiger partial charge in [-0.1, -0.05) is 12.8 Å². The van der Waals surface area contributed by atoms with E-state index in [4.69, 9.17) is 10.2 Å². The molecular formula is C9H19NO2. The Balaban J connectivity index is 2.16. The fraction of sp³-hybridized carbons (Fsp3) is 1.00. The minimum absolute atomic E-state index is 0.0955. The Hall–Kier alpha value is -0.120. The zero-order chi connectivity index (χ0) is 8.81. The van der Waals surface area contributed by atoms with Crippen LogP contribution in [0.1, 0.15) is 32.1 Å². The van der Waals surface area contributed by atoms with Crippen LogP contribution in [0.3, 0.4) is 0 Å². The topological polar surface area (TPSA) is 52.5 Å². The lowest BCUT2D eigenvalue weighted by Crippen LogP contribution is -2.39. The van der Waals surface area contributed by atoms with Gasteiger partial charge in [0.25, 0.3) is 0 Å². The zero-order valence-corrected chi connectivity index (χ0v) is 7.50. The Morgan fingerprint density at radius 3 is 2.42 bits per heavy atom. The van der Waals surface area contributed by atoms with Gasteiger partial charge in [0.1, 0.15) is 0 Å². The van der Waals surface area contributed by atoms with Gasteiger partial charge in [0.2, 0.25) is 0 Å². The summed E-state index contributed by atoms with van der Waals surface area (Å²) in [4.78, 5) is 0. The first kappa shape index (κ1) is 9.96. The summed E-state index contributed by atoms with van der Waals surface area (Å²) in [7, 11) is 0. The third kappa shape index (κ3) is 3.09. The molecule has 0 saturated heterocycles. The lowest BCUT2D eigenvalue weighted by molar-refractivity contribution is 0.191. The van der Waals surface area contributed by atoms with E-state index >= 15 is 0 Å². The van der Waals surface area contributed by atoms with Crippen molar-refractivity contribution >= 4 is 0 Å². The second-order valence-corrected chi connectivity index (χ2v) is 3.54.